The highest BCUT2D eigenvalue weighted by atomic mass is 35.5. The van der Waals surface area contributed by atoms with E-state index >= 15 is 0 Å². The molecule has 0 radical (unpaired) electrons. The van der Waals surface area contributed by atoms with Crippen molar-refractivity contribution in [1.29, 1.82) is 0 Å². The molecule has 1 N–H and O–H groups in total. The number of rotatable bonds is 3. The Labute approximate surface area is 185 Å². The molecule has 1 aliphatic rings. The van der Waals surface area contributed by atoms with Crippen LogP contribution in [0.15, 0.2) is 24.4 Å². The molecule has 30 heavy (non-hydrogen) atoms. The predicted octanol–water partition coefficient (Wildman–Crippen LogP) is 4.04. The number of carbonyl (C=O) groups is 2. The molecular weight excluding hydrogens is 429 g/mol. The number of carbonyl (C=O) groups excluding carboxylic acids is 2. The van der Waals surface area contributed by atoms with Crippen molar-refractivity contribution in [2.24, 2.45) is 7.05 Å². The Kier molecular flexibility index (Phi) is 6.47. The van der Waals surface area contributed by atoms with E-state index in [2.05, 4.69) is 15.2 Å². The highest BCUT2D eigenvalue weighted by Gasteiger charge is 2.26. The number of hydrogen-bond acceptors (Lipinski definition) is 5. The maximum atomic E-state index is 12.4. The molecule has 2 aromatic heterocycles. The number of anilines is 2. The Morgan fingerprint density at radius 1 is 1.13 bits per heavy atom. The van der Waals surface area contributed by atoms with Gasteiger partial charge in [-0.1, -0.05) is 23.2 Å². The molecule has 0 bridgehead atoms. The maximum Gasteiger partial charge on any atom is 0.410 e. The highest BCUT2D eigenvalue weighted by Crippen LogP contribution is 2.26. The van der Waals surface area contributed by atoms with Gasteiger partial charge in [0.2, 0.25) is 0 Å². The van der Waals surface area contributed by atoms with Gasteiger partial charge in [0.05, 0.1) is 16.9 Å². The Hall–Kier alpha value is -2.45. The molecule has 0 saturated carbocycles. The third-order valence-corrected chi connectivity index (χ3v) is 5.48. The molecule has 3 heterocycles. The minimum Gasteiger partial charge on any atom is -0.444 e. The summed E-state index contributed by atoms with van der Waals surface area (Å²) < 4.78 is 6.93. The number of ether oxygens (including phenoxy) is 1. The average Bonchev–Trinajstić information content (AvgIpc) is 2.95. The third-order valence-electron chi connectivity index (χ3n) is 4.63. The first-order valence-electron chi connectivity index (χ1n) is 9.56. The number of aromatic nitrogens is 2. The molecule has 8 nitrogen and oxygen atoms in total. The first kappa shape index (κ1) is 22.2. The number of nitrogens with zero attached hydrogens (tertiary/aromatic N) is 4. The SMILES string of the molecule is Cn1c(C(=O)Nc2ccc(N3CCN(C(=O)OC(C)(C)C)CC3)cn2)cc(Cl)c1Cl. The summed E-state index contributed by atoms with van der Waals surface area (Å²) in [6.07, 6.45) is 1.41. The zero-order valence-electron chi connectivity index (χ0n) is 17.4. The molecule has 2 aromatic rings. The van der Waals surface area contributed by atoms with Crippen LogP contribution in [0.4, 0.5) is 16.3 Å². The lowest BCUT2D eigenvalue weighted by Crippen LogP contribution is -2.50. The Bertz CT molecular complexity index is 929. The fourth-order valence-corrected chi connectivity index (χ4v) is 3.44. The number of pyridine rings is 1. The largest absolute Gasteiger partial charge is 0.444 e. The van der Waals surface area contributed by atoms with Gasteiger partial charge < -0.3 is 24.4 Å². The maximum absolute atomic E-state index is 12.4. The summed E-state index contributed by atoms with van der Waals surface area (Å²) in [6.45, 7) is 8.06. The Morgan fingerprint density at radius 2 is 1.80 bits per heavy atom. The lowest BCUT2D eigenvalue weighted by Gasteiger charge is -2.36. The Morgan fingerprint density at radius 3 is 2.30 bits per heavy atom. The highest BCUT2D eigenvalue weighted by molar-refractivity contribution is 6.42. The minimum atomic E-state index is -0.505. The van der Waals surface area contributed by atoms with E-state index in [1.54, 1.807) is 24.2 Å². The van der Waals surface area contributed by atoms with Crippen LogP contribution < -0.4 is 10.2 Å². The molecule has 2 amide bonds. The quantitative estimate of drug-likeness (QED) is 0.758. The molecule has 0 spiro atoms. The number of nitrogens with one attached hydrogen (secondary N) is 1. The summed E-state index contributed by atoms with van der Waals surface area (Å²) in [6, 6.07) is 5.13. The van der Waals surface area contributed by atoms with Gasteiger partial charge in [-0.25, -0.2) is 9.78 Å². The topological polar surface area (TPSA) is 79.7 Å². The zero-order valence-corrected chi connectivity index (χ0v) is 18.9. The number of piperazine rings is 1. The molecule has 10 heteroatoms. The number of hydrogen-bond donors (Lipinski definition) is 1. The van der Waals surface area contributed by atoms with Gasteiger partial charge in [-0.05, 0) is 39.0 Å². The van der Waals surface area contributed by atoms with Crippen LogP contribution in [-0.2, 0) is 11.8 Å². The molecule has 0 unspecified atom stereocenters. The van der Waals surface area contributed by atoms with Crippen molar-refractivity contribution in [3.8, 4) is 0 Å². The minimum absolute atomic E-state index is 0.292. The van der Waals surface area contributed by atoms with Crippen LogP contribution in [0.3, 0.4) is 0 Å². The number of amides is 2. The van der Waals surface area contributed by atoms with E-state index in [0.29, 0.717) is 47.9 Å². The second-order valence-electron chi connectivity index (χ2n) is 8.04. The molecule has 0 aliphatic carbocycles. The van der Waals surface area contributed by atoms with Gasteiger partial charge in [0.15, 0.2) is 0 Å². The summed E-state index contributed by atoms with van der Waals surface area (Å²) in [5.41, 5.74) is 0.755. The summed E-state index contributed by atoms with van der Waals surface area (Å²) in [5.74, 6) is 0.0714. The first-order chi connectivity index (χ1) is 14.0. The van der Waals surface area contributed by atoms with E-state index in [9.17, 15) is 9.59 Å². The van der Waals surface area contributed by atoms with Crippen molar-refractivity contribution in [1.82, 2.24) is 14.5 Å². The van der Waals surface area contributed by atoms with Gasteiger partial charge in [-0.3, -0.25) is 4.79 Å². The van der Waals surface area contributed by atoms with E-state index in [1.807, 2.05) is 26.8 Å². The van der Waals surface area contributed by atoms with Crippen LogP contribution in [0.1, 0.15) is 31.3 Å². The normalized spacial score (nSPS) is 14.6. The van der Waals surface area contributed by atoms with Crippen molar-refractivity contribution in [2.45, 2.75) is 26.4 Å². The van der Waals surface area contributed by atoms with Gasteiger partial charge in [0.25, 0.3) is 5.91 Å². The van der Waals surface area contributed by atoms with Crippen LogP contribution >= 0.6 is 23.2 Å². The van der Waals surface area contributed by atoms with Gasteiger partial charge in [0, 0.05) is 33.2 Å². The molecule has 0 atom stereocenters. The van der Waals surface area contributed by atoms with E-state index in [1.165, 1.54) is 10.6 Å². The zero-order chi connectivity index (χ0) is 22.1. The summed E-state index contributed by atoms with van der Waals surface area (Å²) in [5, 5.41) is 3.36. The lowest BCUT2D eigenvalue weighted by atomic mass is 10.2. The van der Waals surface area contributed by atoms with Crippen molar-refractivity contribution in [3.63, 3.8) is 0 Å². The van der Waals surface area contributed by atoms with Crippen LogP contribution in [0.2, 0.25) is 10.2 Å². The van der Waals surface area contributed by atoms with Gasteiger partial charge in [0.1, 0.15) is 22.3 Å². The first-order valence-corrected chi connectivity index (χ1v) is 10.3. The molecular formula is C20H25Cl2N5O3. The molecule has 1 aliphatic heterocycles. The third kappa shape index (κ3) is 5.17. The molecule has 162 valence electrons. The number of halogens is 2. The fourth-order valence-electron chi connectivity index (χ4n) is 3.06. The summed E-state index contributed by atoms with van der Waals surface area (Å²) in [7, 11) is 1.66. The van der Waals surface area contributed by atoms with Crippen LogP contribution in [-0.4, -0.2) is 58.2 Å². The van der Waals surface area contributed by atoms with Crippen molar-refractivity contribution in [2.75, 3.05) is 36.4 Å². The van der Waals surface area contributed by atoms with E-state index in [4.69, 9.17) is 27.9 Å². The standard InChI is InChI=1S/C20H25Cl2N5O3/c1-20(2,3)30-19(29)27-9-7-26(8-10-27)13-5-6-16(23-12-13)24-18(28)15-11-14(21)17(22)25(15)4/h5-6,11-12H,7-10H2,1-4H3,(H,23,24,28). The lowest BCUT2D eigenvalue weighted by molar-refractivity contribution is 0.0240. The van der Waals surface area contributed by atoms with Crippen molar-refractivity contribution < 1.29 is 14.3 Å². The van der Waals surface area contributed by atoms with Crippen LogP contribution in [0, 0.1) is 0 Å². The smallest absolute Gasteiger partial charge is 0.410 e. The van der Waals surface area contributed by atoms with Gasteiger partial charge >= 0.3 is 6.09 Å². The monoisotopic (exact) mass is 453 g/mol. The van der Waals surface area contributed by atoms with Crippen molar-refractivity contribution in [3.05, 3.63) is 40.3 Å². The molecule has 3 rings (SSSR count). The van der Waals surface area contributed by atoms with Crippen LogP contribution in [0.25, 0.3) is 0 Å². The average molecular weight is 454 g/mol. The second-order valence-corrected chi connectivity index (χ2v) is 8.80. The Balaban J connectivity index is 1.57. The second kappa shape index (κ2) is 8.73. The summed E-state index contributed by atoms with van der Waals surface area (Å²) >= 11 is 12.0. The van der Waals surface area contributed by atoms with E-state index in [-0.39, 0.29) is 12.0 Å². The predicted molar refractivity (Wildman–Crippen MR) is 118 cm³/mol. The molecule has 0 aromatic carbocycles. The van der Waals surface area contributed by atoms with Gasteiger partial charge in [-0.15, -0.1) is 0 Å². The molecule has 1 saturated heterocycles. The van der Waals surface area contributed by atoms with Crippen molar-refractivity contribution >= 4 is 46.7 Å². The fraction of sp³-hybridized carbons (Fsp3) is 0.450. The summed E-state index contributed by atoms with van der Waals surface area (Å²) in [4.78, 5) is 32.8. The van der Waals surface area contributed by atoms with Gasteiger partial charge in [-0.2, -0.15) is 0 Å². The van der Waals surface area contributed by atoms with Crippen LogP contribution in [0.5, 0.6) is 0 Å². The van der Waals surface area contributed by atoms with E-state index < -0.39 is 5.60 Å². The van der Waals surface area contributed by atoms with E-state index in [0.717, 1.165) is 5.69 Å². The molecule has 1 fully saturated rings.